The van der Waals surface area contributed by atoms with Gasteiger partial charge < -0.3 is 5.32 Å². The molecule has 0 fully saturated rings. The van der Waals surface area contributed by atoms with E-state index < -0.39 is 0 Å². The Hall–Kier alpha value is -1.30. The van der Waals surface area contributed by atoms with E-state index in [2.05, 4.69) is 34.2 Å². The van der Waals surface area contributed by atoms with Crippen LogP contribution in [0.15, 0.2) is 6.20 Å². The molecule has 2 aromatic rings. The normalized spacial score (nSPS) is 11.2. The lowest BCUT2D eigenvalue weighted by Crippen LogP contribution is -2.06. The third-order valence-electron chi connectivity index (χ3n) is 3.30. The number of anilines is 1. The molecule has 0 atom stereocenters. The highest BCUT2D eigenvalue weighted by atomic mass is 32.2. The van der Waals surface area contributed by atoms with Crippen molar-refractivity contribution in [3.05, 3.63) is 12.0 Å². The first-order valence-electron chi connectivity index (χ1n) is 7.76. The number of unbranched alkanes of at least 4 members (excludes halogenated alkanes) is 2. The van der Waals surface area contributed by atoms with Crippen LogP contribution in [-0.4, -0.2) is 32.0 Å². The van der Waals surface area contributed by atoms with Gasteiger partial charge in [-0.3, -0.25) is 4.68 Å². The number of aromatic nitrogens is 4. The molecule has 0 aromatic carbocycles. The van der Waals surface area contributed by atoms with Crippen molar-refractivity contribution in [1.82, 2.24) is 19.7 Å². The van der Waals surface area contributed by atoms with Crippen molar-refractivity contribution < 1.29 is 0 Å². The molecule has 1 N–H and O–H groups in total. The van der Waals surface area contributed by atoms with E-state index in [1.807, 2.05) is 29.7 Å². The molecule has 0 saturated heterocycles. The number of hydrogen-bond acceptors (Lipinski definition) is 5. The summed E-state index contributed by atoms with van der Waals surface area (Å²) in [5, 5.41) is 8.69. The molecule has 0 saturated carbocycles. The van der Waals surface area contributed by atoms with Crippen molar-refractivity contribution in [1.29, 1.82) is 0 Å². The molecule has 21 heavy (non-hydrogen) atoms. The molecule has 5 nitrogen and oxygen atoms in total. The molecule has 116 valence electrons. The van der Waals surface area contributed by atoms with Gasteiger partial charge in [-0.05, 0) is 18.6 Å². The molecule has 0 amide bonds. The highest BCUT2D eigenvalue weighted by Crippen LogP contribution is 2.21. The second-order valence-corrected chi connectivity index (χ2v) is 6.29. The topological polar surface area (TPSA) is 55.6 Å². The maximum Gasteiger partial charge on any atom is 0.163 e. The second kappa shape index (κ2) is 8.22. The molecule has 0 radical (unpaired) electrons. The first kappa shape index (κ1) is 16.1. The summed E-state index contributed by atoms with van der Waals surface area (Å²) in [5.74, 6) is 3.86. The highest BCUT2D eigenvalue weighted by molar-refractivity contribution is 7.98. The number of hydrogen-bond donors (Lipinski definition) is 1. The predicted molar refractivity (Wildman–Crippen MR) is 90.8 cm³/mol. The van der Waals surface area contributed by atoms with E-state index in [-0.39, 0.29) is 0 Å². The minimum atomic E-state index is 0.867. The lowest BCUT2D eigenvalue weighted by molar-refractivity contribution is 0.777. The minimum absolute atomic E-state index is 0.867. The average Bonchev–Trinajstić information content (AvgIpc) is 2.86. The Balaban J connectivity index is 2.09. The van der Waals surface area contributed by atoms with Crippen LogP contribution >= 0.6 is 11.8 Å². The Morgan fingerprint density at radius 2 is 2.05 bits per heavy atom. The second-order valence-electron chi connectivity index (χ2n) is 5.18. The van der Waals surface area contributed by atoms with Gasteiger partial charge in [0.1, 0.15) is 11.6 Å². The van der Waals surface area contributed by atoms with E-state index >= 15 is 0 Å². The van der Waals surface area contributed by atoms with Crippen LogP contribution in [0.3, 0.4) is 0 Å². The average molecular weight is 307 g/mol. The quantitative estimate of drug-likeness (QED) is 0.717. The van der Waals surface area contributed by atoms with Gasteiger partial charge in [-0.1, -0.05) is 26.7 Å². The summed E-state index contributed by atoms with van der Waals surface area (Å²) in [5.41, 5.74) is 0.910. The van der Waals surface area contributed by atoms with Crippen molar-refractivity contribution in [2.24, 2.45) is 7.05 Å². The molecular formula is C15H25N5S. The molecular weight excluding hydrogens is 282 g/mol. The molecule has 0 unspecified atom stereocenters. The molecule has 0 spiro atoms. The summed E-state index contributed by atoms with van der Waals surface area (Å²) in [4.78, 5) is 9.32. The van der Waals surface area contributed by atoms with Crippen LogP contribution in [0.2, 0.25) is 0 Å². The van der Waals surface area contributed by atoms with E-state index in [0.717, 1.165) is 41.4 Å². The first-order valence-corrected chi connectivity index (χ1v) is 8.92. The smallest absolute Gasteiger partial charge is 0.163 e. The number of nitrogens with zero attached hydrogens (tertiary/aromatic N) is 4. The van der Waals surface area contributed by atoms with Crippen molar-refractivity contribution in [2.45, 2.75) is 45.3 Å². The predicted octanol–water partition coefficient (Wildman–Crippen LogP) is 3.61. The van der Waals surface area contributed by atoms with Crippen molar-refractivity contribution in [2.75, 3.05) is 17.6 Å². The van der Waals surface area contributed by atoms with Gasteiger partial charge >= 0.3 is 0 Å². The van der Waals surface area contributed by atoms with Crippen LogP contribution in [0.4, 0.5) is 5.82 Å². The Bertz CT molecular complexity index is 566. The van der Waals surface area contributed by atoms with Crippen LogP contribution in [0.25, 0.3) is 11.0 Å². The summed E-state index contributed by atoms with van der Waals surface area (Å²) in [7, 11) is 1.93. The zero-order chi connectivity index (χ0) is 15.1. The summed E-state index contributed by atoms with van der Waals surface area (Å²) >= 11 is 1.91. The number of nitrogens with one attached hydrogen (secondary N) is 1. The van der Waals surface area contributed by atoms with E-state index in [0.29, 0.717) is 0 Å². The first-order chi connectivity index (χ1) is 10.3. The number of rotatable bonds is 9. The van der Waals surface area contributed by atoms with Gasteiger partial charge in [-0.2, -0.15) is 16.9 Å². The van der Waals surface area contributed by atoms with Gasteiger partial charge in [0.05, 0.1) is 17.3 Å². The van der Waals surface area contributed by atoms with Gasteiger partial charge in [0, 0.05) is 13.6 Å². The van der Waals surface area contributed by atoms with Gasteiger partial charge in [-0.25, -0.2) is 9.97 Å². The lowest BCUT2D eigenvalue weighted by atomic mass is 10.3. The van der Waals surface area contributed by atoms with E-state index in [9.17, 15) is 0 Å². The fourth-order valence-corrected chi connectivity index (χ4v) is 2.99. The fourth-order valence-electron chi connectivity index (χ4n) is 2.13. The molecule has 2 aromatic heterocycles. The van der Waals surface area contributed by atoms with Crippen LogP contribution < -0.4 is 5.32 Å². The van der Waals surface area contributed by atoms with Crippen LogP contribution in [0.1, 0.15) is 45.4 Å². The number of fused-ring (bicyclic) bond motifs is 1. The van der Waals surface area contributed by atoms with E-state index in [1.54, 1.807) is 0 Å². The Morgan fingerprint density at radius 3 is 2.81 bits per heavy atom. The SMILES string of the molecule is CCCCCSCc1nc(NCCC)c2cnn(C)c2n1. The molecule has 0 aliphatic rings. The van der Waals surface area contributed by atoms with E-state index in [1.165, 1.54) is 25.0 Å². The third-order valence-corrected chi connectivity index (χ3v) is 4.34. The maximum absolute atomic E-state index is 4.67. The van der Waals surface area contributed by atoms with E-state index in [4.69, 9.17) is 0 Å². The molecule has 0 aliphatic heterocycles. The summed E-state index contributed by atoms with van der Waals surface area (Å²) in [6.45, 7) is 5.30. The van der Waals surface area contributed by atoms with Crippen LogP contribution in [0, 0.1) is 0 Å². The third kappa shape index (κ3) is 4.33. The van der Waals surface area contributed by atoms with Gasteiger partial charge in [0.15, 0.2) is 5.65 Å². The van der Waals surface area contributed by atoms with Gasteiger partial charge in [-0.15, -0.1) is 0 Å². The Labute approximate surface area is 130 Å². The zero-order valence-corrected chi connectivity index (χ0v) is 14.0. The summed E-state index contributed by atoms with van der Waals surface area (Å²) in [6.07, 6.45) is 6.76. The monoisotopic (exact) mass is 307 g/mol. The molecule has 0 bridgehead atoms. The standard InChI is InChI=1S/C15H25N5S/c1-4-6-7-9-21-11-13-18-14(16-8-5-2)12-10-17-20(3)15(12)19-13/h10H,4-9,11H2,1-3H3,(H,16,18,19). The van der Waals surface area contributed by atoms with Crippen LogP contribution in [-0.2, 0) is 12.8 Å². The van der Waals surface area contributed by atoms with Crippen LogP contribution in [0.5, 0.6) is 0 Å². The fraction of sp³-hybridized carbons (Fsp3) is 0.667. The highest BCUT2D eigenvalue weighted by Gasteiger charge is 2.11. The maximum atomic E-state index is 4.67. The zero-order valence-electron chi connectivity index (χ0n) is 13.2. The largest absolute Gasteiger partial charge is 0.369 e. The Morgan fingerprint density at radius 1 is 1.19 bits per heavy atom. The minimum Gasteiger partial charge on any atom is -0.369 e. The molecule has 6 heteroatoms. The summed E-state index contributed by atoms with van der Waals surface area (Å²) < 4.78 is 1.82. The van der Waals surface area contributed by atoms with Gasteiger partial charge in [0.25, 0.3) is 0 Å². The Kier molecular flexibility index (Phi) is 6.29. The van der Waals surface area contributed by atoms with Crippen molar-refractivity contribution >= 4 is 28.6 Å². The lowest BCUT2D eigenvalue weighted by Gasteiger charge is -2.08. The van der Waals surface area contributed by atoms with Gasteiger partial charge in [0.2, 0.25) is 0 Å². The molecule has 2 rings (SSSR count). The number of thioether (sulfide) groups is 1. The molecule has 0 aliphatic carbocycles. The van der Waals surface area contributed by atoms with Crippen molar-refractivity contribution in [3.63, 3.8) is 0 Å². The number of aryl methyl sites for hydroxylation is 1. The van der Waals surface area contributed by atoms with Crippen molar-refractivity contribution in [3.8, 4) is 0 Å². The summed E-state index contributed by atoms with van der Waals surface area (Å²) in [6, 6.07) is 0. The molecule has 2 heterocycles.